The van der Waals surface area contributed by atoms with Crippen molar-refractivity contribution in [2.45, 2.75) is 33.1 Å². The van der Waals surface area contributed by atoms with Gasteiger partial charge in [0.15, 0.2) is 5.17 Å². The SMILES string of the molecule is Cc1cc(C#N)cc(C)c1OCCCCCSC1=N/C(=C\c2ccccc2)C(=O)N1c1ccncc1. The molecule has 0 saturated heterocycles. The van der Waals surface area contributed by atoms with Crippen LogP contribution in [0.3, 0.4) is 0 Å². The second kappa shape index (κ2) is 12.2. The standard InChI is InChI=1S/C29H28N4O2S/c1-21-17-24(20-30)18-22(2)27(21)35-15-7-4-8-16-36-29-32-26(19-23-9-5-3-6-10-23)28(34)33(29)25-11-13-31-14-12-25/h3,5-6,9-14,17-19H,4,7-8,15-16H2,1-2H3/b26-19-. The van der Waals surface area contributed by atoms with Gasteiger partial charge in [-0.15, -0.1) is 0 Å². The third-order valence-corrected chi connectivity index (χ3v) is 6.73. The number of carbonyl (C=O) groups is 1. The fraction of sp³-hybridized carbons (Fsp3) is 0.241. The molecule has 0 atom stereocenters. The highest BCUT2D eigenvalue weighted by molar-refractivity contribution is 8.14. The van der Waals surface area contributed by atoms with Gasteiger partial charge in [0.05, 0.1) is 23.9 Å². The molecule has 0 spiro atoms. The van der Waals surface area contributed by atoms with E-state index in [1.807, 2.05) is 74.5 Å². The van der Waals surface area contributed by atoms with E-state index in [0.29, 0.717) is 23.0 Å². The molecule has 0 radical (unpaired) electrons. The van der Waals surface area contributed by atoms with E-state index in [1.165, 1.54) is 0 Å². The van der Waals surface area contributed by atoms with Crippen LogP contribution in [0.4, 0.5) is 5.69 Å². The fourth-order valence-corrected chi connectivity index (χ4v) is 4.99. The van der Waals surface area contributed by atoms with Gasteiger partial charge < -0.3 is 4.74 Å². The lowest BCUT2D eigenvalue weighted by Gasteiger charge is -2.17. The summed E-state index contributed by atoms with van der Waals surface area (Å²) in [6.45, 7) is 4.57. The van der Waals surface area contributed by atoms with Crippen LogP contribution in [-0.2, 0) is 4.79 Å². The van der Waals surface area contributed by atoms with Crippen LogP contribution >= 0.6 is 11.8 Å². The number of amidine groups is 1. The maximum absolute atomic E-state index is 13.2. The molecule has 3 aromatic rings. The number of anilines is 1. The molecule has 0 N–H and O–H groups in total. The minimum atomic E-state index is -0.130. The quantitative estimate of drug-likeness (QED) is 0.257. The molecule has 0 aliphatic carbocycles. The number of aromatic nitrogens is 1. The van der Waals surface area contributed by atoms with E-state index in [-0.39, 0.29) is 5.91 Å². The number of ether oxygens (including phenoxy) is 1. The summed E-state index contributed by atoms with van der Waals surface area (Å²) in [5, 5.41) is 9.79. The molecule has 2 aromatic carbocycles. The van der Waals surface area contributed by atoms with Gasteiger partial charge in [-0.2, -0.15) is 5.26 Å². The molecule has 0 bridgehead atoms. The van der Waals surface area contributed by atoms with Gasteiger partial charge in [-0.25, -0.2) is 4.99 Å². The number of carbonyl (C=O) groups excluding carboxylic acids is 1. The number of nitrogens with zero attached hydrogens (tertiary/aromatic N) is 4. The third-order valence-electron chi connectivity index (χ3n) is 5.71. The van der Waals surface area contributed by atoms with E-state index in [4.69, 9.17) is 10.00 Å². The number of benzene rings is 2. The zero-order valence-electron chi connectivity index (χ0n) is 20.5. The number of pyridine rings is 1. The number of hydrogen-bond acceptors (Lipinski definition) is 6. The predicted octanol–water partition coefficient (Wildman–Crippen LogP) is 6.30. The van der Waals surface area contributed by atoms with Gasteiger partial charge in [-0.1, -0.05) is 42.1 Å². The molecule has 4 rings (SSSR count). The molecule has 1 aliphatic heterocycles. The number of hydrogen-bond donors (Lipinski definition) is 0. The molecule has 2 heterocycles. The zero-order chi connectivity index (χ0) is 25.3. The highest BCUT2D eigenvalue weighted by Gasteiger charge is 2.31. The Morgan fingerprint density at radius 3 is 2.44 bits per heavy atom. The molecule has 1 aromatic heterocycles. The molecule has 1 aliphatic rings. The summed E-state index contributed by atoms with van der Waals surface area (Å²) in [6.07, 6.45) is 8.11. The lowest BCUT2D eigenvalue weighted by Crippen LogP contribution is -2.30. The Balaban J connectivity index is 1.32. The molecular formula is C29H28N4O2S. The van der Waals surface area contributed by atoms with Crippen molar-refractivity contribution in [3.63, 3.8) is 0 Å². The van der Waals surface area contributed by atoms with Crippen molar-refractivity contribution in [1.29, 1.82) is 5.26 Å². The molecule has 7 heteroatoms. The molecule has 1 amide bonds. The molecule has 0 unspecified atom stereocenters. The average Bonchev–Trinajstić information content (AvgIpc) is 3.20. The smallest absolute Gasteiger partial charge is 0.283 e. The summed E-state index contributed by atoms with van der Waals surface area (Å²) >= 11 is 1.59. The van der Waals surface area contributed by atoms with Crippen LogP contribution in [0.15, 0.2) is 77.7 Å². The van der Waals surface area contributed by atoms with Crippen molar-refractivity contribution in [2.75, 3.05) is 17.3 Å². The number of aliphatic imine (C=N–C) groups is 1. The van der Waals surface area contributed by atoms with E-state index in [1.54, 1.807) is 29.1 Å². The lowest BCUT2D eigenvalue weighted by atomic mass is 10.1. The fourth-order valence-electron chi connectivity index (χ4n) is 3.98. The number of aryl methyl sites for hydroxylation is 2. The normalized spacial score (nSPS) is 14.1. The van der Waals surface area contributed by atoms with E-state index in [0.717, 1.165) is 53.1 Å². The van der Waals surface area contributed by atoms with Crippen LogP contribution in [0.5, 0.6) is 5.75 Å². The Labute approximate surface area is 216 Å². The first-order valence-corrected chi connectivity index (χ1v) is 12.9. The number of amides is 1. The molecule has 6 nitrogen and oxygen atoms in total. The second-order valence-corrected chi connectivity index (χ2v) is 9.55. The summed E-state index contributed by atoms with van der Waals surface area (Å²) in [6, 6.07) is 19.3. The molecule has 36 heavy (non-hydrogen) atoms. The maximum atomic E-state index is 13.2. The van der Waals surface area contributed by atoms with Crippen LogP contribution in [0.25, 0.3) is 6.08 Å². The van der Waals surface area contributed by atoms with Gasteiger partial charge in [-0.3, -0.25) is 14.7 Å². The largest absolute Gasteiger partial charge is 0.493 e. The van der Waals surface area contributed by atoms with Gasteiger partial charge in [0.25, 0.3) is 5.91 Å². The average molecular weight is 497 g/mol. The second-order valence-electron chi connectivity index (χ2n) is 8.49. The summed E-state index contributed by atoms with van der Waals surface area (Å²) in [7, 11) is 0. The summed E-state index contributed by atoms with van der Waals surface area (Å²) < 4.78 is 6.00. The molecule has 0 saturated carbocycles. The first kappa shape index (κ1) is 25.2. The van der Waals surface area contributed by atoms with E-state index in [9.17, 15) is 4.79 Å². The van der Waals surface area contributed by atoms with Gasteiger partial charge in [0.1, 0.15) is 11.4 Å². The number of thioether (sulfide) groups is 1. The van der Waals surface area contributed by atoms with Crippen molar-refractivity contribution in [2.24, 2.45) is 4.99 Å². The van der Waals surface area contributed by atoms with Crippen LogP contribution in [0, 0.1) is 25.2 Å². The van der Waals surface area contributed by atoms with Gasteiger partial charge in [0, 0.05) is 18.1 Å². The van der Waals surface area contributed by atoms with E-state index in [2.05, 4.69) is 16.0 Å². The van der Waals surface area contributed by atoms with Gasteiger partial charge >= 0.3 is 0 Å². The zero-order valence-corrected chi connectivity index (χ0v) is 21.3. The lowest BCUT2D eigenvalue weighted by molar-refractivity contribution is -0.113. The van der Waals surface area contributed by atoms with Crippen molar-refractivity contribution < 1.29 is 9.53 Å². The highest BCUT2D eigenvalue weighted by atomic mass is 32.2. The predicted molar refractivity (Wildman–Crippen MR) is 146 cm³/mol. The van der Waals surface area contributed by atoms with E-state index < -0.39 is 0 Å². The number of rotatable bonds is 9. The maximum Gasteiger partial charge on any atom is 0.283 e. The molecule has 182 valence electrons. The Morgan fingerprint density at radius 2 is 1.75 bits per heavy atom. The Bertz CT molecular complexity index is 1290. The Hall–Kier alpha value is -3.89. The molecular weight excluding hydrogens is 468 g/mol. The first-order valence-electron chi connectivity index (χ1n) is 11.9. The van der Waals surface area contributed by atoms with Crippen LogP contribution < -0.4 is 9.64 Å². The monoisotopic (exact) mass is 496 g/mol. The van der Waals surface area contributed by atoms with Crippen LogP contribution in [0.2, 0.25) is 0 Å². The van der Waals surface area contributed by atoms with Crippen molar-refractivity contribution >= 4 is 34.6 Å². The van der Waals surface area contributed by atoms with Crippen LogP contribution in [0.1, 0.15) is 41.5 Å². The number of unbranched alkanes of at least 4 members (excludes halogenated alkanes) is 2. The minimum Gasteiger partial charge on any atom is -0.493 e. The van der Waals surface area contributed by atoms with Crippen molar-refractivity contribution in [3.05, 3.63) is 94.9 Å². The minimum absolute atomic E-state index is 0.130. The van der Waals surface area contributed by atoms with Crippen LogP contribution in [-0.4, -0.2) is 28.4 Å². The number of nitriles is 1. The van der Waals surface area contributed by atoms with E-state index >= 15 is 0 Å². The summed E-state index contributed by atoms with van der Waals surface area (Å²) in [5.41, 5.74) is 4.77. The van der Waals surface area contributed by atoms with Crippen molar-refractivity contribution in [3.8, 4) is 11.8 Å². The van der Waals surface area contributed by atoms with Gasteiger partial charge in [-0.05, 0) is 80.1 Å². The van der Waals surface area contributed by atoms with Gasteiger partial charge in [0.2, 0.25) is 0 Å². The Kier molecular flexibility index (Phi) is 8.53. The summed E-state index contributed by atoms with van der Waals surface area (Å²) in [5.74, 6) is 1.59. The van der Waals surface area contributed by atoms with Crippen molar-refractivity contribution in [1.82, 2.24) is 4.98 Å². The Morgan fingerprint density at radius 1 is 1.03 bits per heavy atom. The topological polar surface area (TPSA) is 78.6 Å². The summed E-state index contributed by atoms with van der Waals surface area (Å²) in [4.78, 5) is 23.6. The molecule has 0 fully saturated rings. The first-order chi connectivity index (χ1) is 17.6. The highest BCUT2D eigenvalue weighted by Crippen LogP contribution is 2.30. The third kappa shape index (κ3) is 6.21.